The lowest BCUT2D eigenvalue weighted by Crippen LogP contribution is -2.48. The smallest absolute Gasteiger partial charge is 0.327 e. The van der Waals surface area contributed by atoms with Crippen LogP contribution in [0.15, 0.2) is 11.6 Å². The highest BCUT2D eigenvalue weighted by atomic mass is 16.4. The fraction of sp³-hybridized carbons (Fsp3) is 0.583. The van der Waals surface area contributed by atoms with Gasteiger partial charge in [-0.2, -0.15) is 0 Å². The molecule has 17 heavy (non-hydrogen) atoms. The van der Waals surface area contributed by atoms with Crippen molar-refractivity contribution < 1.29 is 19.5 Å². The fourth-order valence-corrected chi connectivity index (χ4v) is 1.87. The van der Waals surface area contributed by atoms with Crippen LogP contribution in [0.2, 0.25) is 0 Å². The zero-order valence-electron chi connectivity index (χ0n) is 10.4. The van der Waals surface area contributed by atoms with Crippen molar-refractivity contribution in [2.45, 2.75) is 33.7 Å². The molecule has 0 spiro atoms. The molecule has 5 heteroatoms. The summed E-state index contributed by atoms with van der Waals surface area (Å²) in [5.41, 5.74) is 0.377. The minimum absolute atomic E-state index is 0.0851. The quantitative estimate of drug-likeness (QED) is 0.744. The summed E-state index contributed by atoms with van der Waals surface area (Å²) in [5, 5.41) is 9.10. The number of imide groups is 1. The van der Waals surface area contributed by atoms with Crippen LogP contribution < -0.4 is 0 Å². The molecule has 0 radical (unpaired) electrons. The lowest BCUT2D eigenvalue weighted by atomic mass is 10.0. The van der Waals surface area contributed by atoms with Crippen LogP contribution in [-0.2, 0) is 14.4 Å². The molecule has 1 rings (SSSR count). The number of carboxylic acid groups (broad SMARTS) is 1. The molecule has 0 aromatic rings. The van der Waals surface area contributed by atoms with Gasteiger partial charge >= 0.3 is 5.97 Å². The van der Waals surface area contributed by atoms with Gasteiger partial charge in [0.25, 0.3) is 11.8 Å². The maximum absolute atomic E-state index is 12.0. The molecule has 2 amide bonds. The van der Waals surface area contributed by atoms with Gasteiger partial charge in [0.2, 0.25) is 0 Å². The molecule has 0 aromatic heterocycles. The van der Waals surface area contributed by atoms with Crippen LogP contribution in [0.25, 0.3) is 0 Å². The summed E-state index contributed by atoms with van der Waals surface area (Å²) in [7, 11) is 0. The highest BCUT2D eigenvalue weighted by Gasteiger charge is 2.41. The second-order valence-electron chi connectivity index (χ2n) is 4.79. The van der Waals surface area contributed by atoms with E-state index >= 15 is 0 Å². The van der Waals surface area contributed by atoms with Gasteiger partial charge in [-0.1, -0.05) is 27.7 Å². The van der Waals surface area contributed by atoms with Gasteiger partial charge in [0, 0.05) is 11.6 Å². The zero-order valence-corrected chi connectivity index (χ0v) is 10.4. The van der Waals surface area contributed by atoms with Crippen LogP contribution in [0.5, 0.6) is 0 Å². The number of nitrogens with zero attached hydrogens (tertiary/aromatic N) is 1. The SMILES string of the molecule is CC(C)C1=CC(=O)N([C@H](C(=O)O)C(C)C)C1=O. The Kier molecular flexibility index (Phi) is 3.70. The van der Waals surface area contributed by atoms with E-state index in [0.29, 0.717) is 5.57 Å². The topological polar surface area (TPSA) is 74.7 Å². The monoisotopic (exact) mass is 239 g/mol. The Hall–Kier alpha value is -1.65. The number of aliphatic carboxylic acids is 1. The van der Waals surface area contributed by atoms with Crippen molar-refractivity contribution in [2.24, 2.45) is 11.8 Å². The lowest BCUT2D eigenvalue weighted by Gasteiger charge is -2.26. The van der Waals surface area contributed by atoms with Gasteiger partial charge in [-0.15, -0.1) is 0 Å². The average molecular weight is 239 g/mol. The summed E-state index contributed by atoms with van der Waals surface area (Å²) in [6, 6.07) is -1.09. The van der Waals surface area contributed by atoms with Gasteiger partial charge in [0.15, 0.2) is 0 Å². The number of carboxylic acids is 1. The van der Waals surface area contributed by atoms with E-state index in [2.05, 4.69) is 0 Å². The summed E-state index contributed by atoms with van der Waals surface area (Å²) >= 11 is 0. The Bertz CT molecular complexity index is 395. The molecule has 0 aromatic carbocycles. The number of carbonyl (C=O) groups is 3. The Morgan fingerprint density at radius 2 is 1.76 bits per heavy atom. The molecule has 0 saturated heterocycles. The molecular weight excluding hydrogens is 222 g/mol. The van der Waals surface area contributed by atoms with Crippen molar-refractivity contribution in [1.82, 2.24) is 4.90 Å². The summed E-state index contributed by atoms with van der Waals surface area (Å²) in [6.07, 6.45) is 1.24. The normalized spacial score (nSPS) is 18.0. The Balaban J connectivity index is 3.06. The van der Waals surface area contributed by atoms with Gasteiger partial charge in [-0.25, -0.2) is 4.79 Å². The van der Waals surface area contributed by atoms with Gasteiger partial charge in [0.1, 0.15) is 6.04 Å². The first kappa shape index (κ1) is 13.4. The van der Waals surface area contributed by atoms with Crippen molar-refractivity contribution in [3.8, 4) is 0 Å². The van der Waals surface area contributed by atoms with Crippen molar-refractivity contribution in [1.29, 1.82) is 0 Å². The lowest BCUT2D eigenvalue weighted by molar-refractivity contribution is -0.155. The van der Waals surface area contributed by atoms with Crippen LogP contribution in [0.3, 0.4) is 0 Å². The van der Waals surface area contributed by atoms with Gasteiger partial charge in [-0.05, 0) is 11.8 Å². The Morgan fingerprint density at radius 1 is 1.24 bits per heavy atom. The number of hydrogen-bond donors (Lipinski definition) is 1. The van der Waals surface area contributed by atoms with E-state index < -0.39 is 23.8 Å². The number of amides is 2. The molecule has 1 N–H and O–H groups in total. The van der Waals surface area contributed by atoms with Crippen molar-refractivity contribution in [3.63, 3.8) is 0 Å². The Labute approximate surface area is 100 Å². The molecule has 0 fully saturated rings. The third-order valence-corrected chi connectivity index (χ3v) is 2.77. The van der Waals surface area contributed by atoms with E-state index in [1.165, 1.54) is 6.08 Å². The third-order valence-electron chi connectivity index (χ3n) is 2.77. The highest BCUT2D eigenvalue weighted by molar-refractivity contribution is 6.18. The molecule has 1 heterocycles. The summed E-state index contributed by atoms with van der Waals surface area (Å²) in [4.78, 5) is 35.7. The average Bonchev–Trinajstić information content (AvgIpc) is 2.44. The zero-order chi connectivity index (χ0) is 13.3. The molecule has 0 aliphatic carbocycles. The van der Waals surface area contributed by atoms with E-state index in [4.69, 9.17) is 5.11 Å². The maximum atomic E-state index is 12.0. The molecule has 0 unspecified atom stereocenters. The third kappa shape index (κ3) is 2.38. The molecule has 1 aliphatic heterocycles. The largest absolute Gasteiger partial charge is 0.480 e. The van der Waals surface area contributed by atoms with Gasteiger partial charge < -0.3 is 5.11 Å². The molecule has 0 saturated carbocycles. The number of hydrogen-bond acceptors (Lipinski definition) is 3. The van der Waals surface area contributed by atoms with Crippen LogP contribution in [-0.4, -0.2) is 33.8 Å². The van der Waals surface area contributed by atoms with Crippen LogP contribution in [0, 0.1) is 11.8 Å². The second kappa shape index (κ2) is 4.69. The van der Waals surface area contributed by atoms with E-state index in [-0.39, 0.29) is 11.8 Å². The predicted molar refractivity (Wildman–Crippen MR) is 61.0 cm³/mol. The van der Waals surface area contributed by atoms with Crippen LogP contribution in [0.1, 0.15) is 27.7 Å². The standard InChI is InChI=1S/C12H17NO4/c1-6(2)8-5-9(14)13(11(8)15)10(7(3)4)12(16)17/h5-7,10H,1-4H3,(H,16,17)/t10-/m0/s1. The minimum Gasteiger partial charge on any atom is -0.480 e. The molecule has 1 aliphatic rings. The number of rotatable bonds is 4. The molecule has 94 valence electrons. The molecule has 1 atom stereocenters. The summed E-state index contributed by atoms with van der Waals surface area (Å²) in [6.45, 7) is 6.94. The predicted octanol–water partition coefficient (Wildman–Crippen LogP) is 1.05. The first-order chi connectivity index (χ1) is 7.77. The van der Waals surface area contributed by atoms with E-state index in [0.717, 1.165) is 4.90 Å². The first-order valence-electron chi connectivity index (χ1n) is 5.59. The second-order valence-corrected chi connectivity index (χ2v) is 4.79. The fourth-order valence-electron chi connectivity index (χ4n) is 1.87. The Morgan fingerprint density at radius 3 is 2.06 bits per heavy atom. The first-order valence-corrected chi connectivity index (χ1v) is 5.59. The van der Waals surface area contributed by atoms with Crippen LogP contribution >= 0.6 is 0 Å². The number of carbonyl (C=O) groups excluding carboxylic acids is 2. The molecule has 0 bridgehead atoms. The summed E-state index contributed by atoms with van der Waals surface area (Å²) < 4.78 is 0. The van der Waals surface area contributed by atoms with E-state index in [9.17, 15) is 14.4 Å². The molecule has 5 nitrogen and oxygen atoms in total. The maximum Gasteiger partial charge on any atom is 0.327 e. The van der Waals surface area contributed by atoms with Crippen molar-refractivity contribution >= 4 is 17.8 Å². The van der Waals surface area contributed by atoms with Crippen LogP contribution in [0.4, 0.5) is 0 Å². The molecular formula is C12H17NO4. The van der Waals surface area contributed by atoms with Gasteiger partial charge in [0.05, 0.1) is 0 Å². The van der Waals surface area contributed by atoms with E-state index in [1.54, 1.807) is 27.7 Å². The van der Waals surface area contributed by atoms with Crippen molar-refractivity contribution in [3.05, 3.63) is 11.6 Å². The van der Waals surface area contributed by atoms with Gasteiger partial charge in [-0.3, -0.25) is 14.5 Å². The van der Waals surface area contributed by atoms with E-state index in [1.807, 2.05) is 0 Å². The highest BCUT2D eigenvalue weighted by Crippen LogP contribution is 2.24. The summed E-state index contributed by atoms with van der Waals surface area (Å²) in [5.74, 6) is -2.57. The minimum atomic E-state index is -1.15. The van der Waals surface area contributed by atoms with Crippen molar-refractivity contribution in [2.75, 3.05) is 0 Å².